The Morgan fingerprint density at radius 3 is 2.52 bits per heavy atom. The van der Waals surface area contributed by atoms with Gasteiger partial charge < -0.3 is 14.8 Å². The van der Waals surface area contributed by atoms with Gasteiger partial charge in [-0.1, -0.05) is 29.8 Å². The van der Waals surface area contributed by atoms with E-state index in [1.807, 2.05) is 55.5 Å². The van der Waals surface area contributed by atoms with Crippen LogP contribution in [0.2, 0.25) is 5.02 Å². The van der Waals surface area contributed by atoms with Crippen LogP contribution < -0.4 is 14.8 Å². The molecule has 5 nitrogen and oxygen atoms in total. The Labute approximate surface area is 165 Å². The lowest BCUT2D eigenvalue weighted by Crippen LogP contribution is -2.65. The number of nitrogens with one attached hydrogen (secondary N) is 1. The smallest absolute Gasteiger partial charge is 0.240 e. The van der Waals surface area contributed by atoms with Gasteiger partial charge in [0.15, 0.2) is 0 Å². The molecule has 1 amide bonds. The van der Waals surface area contributed by atoms with E-state index in [1.54, 1.807) is 7.11 Å². The van der Waals surface area contributed by atoms with Gasteiger partial charge in [0.25, 0.3) is 0 Å². The molecule has 2 aromatic rings. The van der Waals surface area contributed by atoms with E-state index < -0.39 is 5.54 Å². The van der Waals surface area contributed by atoms with Gasteiger partial charge >= 0.3 is 0 Å². The number of rotatable bonds is 8. The minimum absolute atomic E-state index is 0.0270. The van der Waals surface area contributed by atoms with Crippen LogP contribution in [-0.2, 0) is 11.3 Å². The molecule has 2 aromatic carbocycles. The van der Waals surface area contributed by atoms with E-state index in [1.165, 1.54) is 0 Å². The molecule has 1 aliphatic heterocycles. The molecule has 0 radical (unpaired) electrons. The Bertz CT molecular complexity index is 781. The van der Waals surface area contributed by atoms with Crippen molar-refractivity contribution in [3.8, 4) is 11.5 Å². The summed E-state index contributed by atoms with van der Waals surface area (Å²) in [4.78, 5) is 14.8. The molecular weight excluding hydrogens is 364 g/mol. The van der Waals surface area contributed by atoms with Gasteiger partial charge in [0.05, 0.1) is 19.2 Å². The molecule has 1 unspecified atom stereocenters. The molecule has 1 N–H and O–H groups in total. The highest BCUT2D eigenvalue weighted by atomic mass is 35.5. The maximum Gasteiger partial charge on any atom is 0.240 e. The minimum Gasteiger partial charge on any atom is -0.497 e. The van der Waals surface area contributed by atoms with Gasteiger partial charge in [-0.2, -0.15) is 0 Å². The third-order valence-electron chi connectivity index (χ3n) is 5.09. The summed E-state index contributed by atoms with van der Waals surface area (Å²) >= 11 is 6.25. The van der Waals surface area contributed by atoms with Gasteiger partial charge in [-0.25, -0.2) is 0 Å². The van der Waals surface area contributed by atoms with Crippen LogP contribution in [-0.4, -0.2) is 43.2 Å². The number of halogens is 1. The first-order valence-corrected chi connectivity index (χ1v) is 9.44. The zero-order chi connectivity index (χ0) is 19.3. The SMILES string of the molecule is COc1ccc(OCCNC(=O)C2(C)CCN2Cc2ccccc2Cl)cc1. The Morgan fingerprint density at radius 1 is 1.19 bits per heavy atom. The van der Waals surface area contributed by atoms with Gasteiger partial charge in [0.2, 0.25) is 5.91 Å². The first-order chi connectivity index (χ1) is 13.0. The first-order valence-electron chi connectivity index (χ1n) is 9.06. The first kappa shape index (κ1) is 19.5. The predicted molar refractivity (Wildman–Crippen MR) is 106 cm³/mol. The highest BCUT2D eigenvalue weighted by Gasteiger charge is 2.46. The molecule has 3 rings (SSSR count). The van der Waals surface area contributed by atoms with E-state index >= 15 is 0 Å². The number of hydrogen-bond donors (Lipinski definition) is 1. The van der Waals surface area contributed by atoms with E-state index in [9.17, 15) is 4.79 Å². The van der Waals surface area contributed by atoms with Crippen LogP contribution in [0, 0.1) is 0 Å². The molecule has 144 valence electrons. The lowest BCUT2D eigenvalue weighted by Gasteiger charge is -2.49. The van der Waals surface area contributed by atoms with Gasteiger partial charge in [0.1, 0.15) is 18.1 Å². The van der Waals surface area contributed by atoms with Crippen LogP contribution in [0.25, 0.3) is 0 Å². The van der Waals surface area contributed by atoms with Crippen LogP contribution >= 0.6 is 11.6 Å². The monoisotopic (exact) mass is 388 g/mol. The minimum atomic E-state index is -0.501. The van der Waals surface area contributed by atoms with E-state index in [0.717, 1.165) is 35.1 Å². The van der Waals surface area contributed by atoms with Crippen molar-refractivity contribution in [2.45, 2.75) is 25.4 Å². The standard InChI is InChI=1S/C21H25ClN2O3/c1-21(11-13-24(21)15-16-5-3-4-6-19(16)22)20(25)23-12-14-27-18-9-7-17(26-2)8-10-18/h3-10H,11-15H2,1-2H3,(H,23,25). The Balaban J connectivity index is 1.46. The van der Waals surface area contributed by atoms with E-state index in [-0.39, 0.29) is 5.91 Å². The molecule has 1 aliphatic rings. The van der Waals surface area contributed by atoms with Crippen molar-refractivity contribution in [2.24, 2.45) is 0 Å². The molecule has 1 atom stereocenters. The number of benzene rings is 2. The van der Waals surface area contributed by atoms with Crippen molar-refractivity contribution < 1.29 is 14.3 Å². The second kappa shape index (κ2) is 8.63. The Morgan fingerprint density at radius 2 is 1.89 bits per heavy atom. The lowest BCUT2D eigenvalue weighted by molar-refractivity contribution is -0.142. The normalized spacial score (nSPS) is 19.2. The third-order valence-corrected chi connectivity index (χ3v) is 5.46. The van der Waals surface area contributed by atoms with Crippen LogP contribution in [0.5, 0.6) is 11.5 Å². The number of carbonyl (C=O) groups is 1. The fourth-order valence-corrected chi connectivity index (χ4v) is 3.34. The fraction of sp³-hybridized carbons (Fsp3) is 0.381. The Kier molecular flexibility index (Phi) is 6.24. The highest BCUT2D eigenvalue weighted by Crippen LogP contribution is 2.33. The topological polar surface area (TPSA) is 50.8 Å². The zero-order valence-corrected chi connectivity index (χ0v) is 16.5. The molecule has 27 heavy (non-hydrogen) atoms. The van der Waals surface area contributed by atoms with Crippen molar-refractivity contribution in [3.05, 3.63) is 59.1 Å². The molecule has 0 saturated carbocycles. The molecule has 0 bridgehead atoms. The maximum atomic E-state index is 12.7. The zero-order valence-electron chi connectivity index (χ0n) is 15.7. The van der Waals surface area contributed by atoms with E-state index in [4.69, 9.17) is 21.1 Å². The number of hydrogen-bond acceptors (Lipinski definition) is 4. The van der Waals surface area contributed by atoms with Crippen LogP contribution in [0.15, 0.2) is 48.5 Å². The predicted octanol–water partition coefficient (Wildman–Crippen LogP) is 3.51. The van der Waals surface area contributed by atoms with E-state index in [2.05, 4.69) is 10.2 Å². The summed E-state index contributed by atoms with van der Waals surface area (Å²) in [5, 5.41) is 3.72. The third kappa shape index (κ3) is 4.54. The second-order valence-electron chi connectivity index (χ2n) is 6.82. The summed E-state index contributed by atoms with van der Waals surface area (Å²) in [5.74, 6) is 1.56. The number of methoxy groups -OCH3 is 1. The van der Waals surface area contributed by atoms with Crippen molar-refractivity contribution >= 4 is 17.5 Å². The van der Waals surface area contributed by atoms with Crippen LogP contribution in [0.1, 0.15) is 18.9 Å². The molecule has 1 fully saturated rings. The summed E-state index contributed by atoms with van der Waals surface area (Å²) in [6, 6.07) is 15.1. The number of amides is 1. The summed E-state index contributed by atoms with van der Waals surface area (Å²) in [7, 11) is 1.63. The molecule has 0 aromatic heterocycles. The number of ether oxygens (including phenoxy) is 2. The molecule has 1 saturated heterocycles. The highest BCUT2D eigenvalue weighted by molar-refractivity contribution is 6.31. The van der Waals surface area contributed by atoms with Gasteiger partial charge in [-0.3, -0.25) is 9.69 Å². The molecule has 6 heteroatoms. The lowest BCUT2D eigenvalue weighted by atomic mass is 9.85. The van der Waals surface area contributed by atoms with E-state index in [0.29, 0.717) is 19.7 Å². The maximum absolute atomic E-state index is 12.7. The van der Waals surface area contributed by atoms with Gasteiger partial charge in [-0.05, 0) is 49.2 Å². The van der Waals surface area contributed by atoms with Gasteiger partial charge in [-0.15, -0.1) is 0 Å². The van der Waals surface area contributed by atoms with Crippen molar-refractivity contribution in [3.63, 3.8) is 0 Å². The summed E-state index contributed by atoms with van der Waals surface area (Å²) in [6.07, 6.45) is 0.836. The summed E-state index contributed by atoms with van der Waals surface area (Å²) in [6.45, 7) is 4.41. The Hall–Kier alpha value is -2.24. The number of likely N-dealkylation sites (tertiary alicyclic amines) is 1. The molecular formula is C21H25ClN2O3. The number of nitrogens with zero attached hydrogens (tertiary/aromatic N) is 1. The van der Waals surface area contributed by atoms with Crippen LogP contribution in [0.4, 0.5) is 0 Å². The summed E-state index contributed by atoms with van der Waals surface area (Å²) in [5.41, 5.74) is 0.542. The number of carbonyl (C=O) groups excluding carboxylic acids is 1. The molecule has 1 heterocycles. The van der Waals surface area contributed by atoms with Crippen molar-refractivity contribution in [1.82, 2.24) is 10.2 Å². The van der Waals surface area contributed by atoms with Gasteiger partial charge in [0, 0.05) is 18.1 Å². The van der Waals surface area contributed by atoms with Crippen molar-refractivity contribution in [1.29, 1.82) is 0 Å². The van der Waals surface area contributed by atoms with Crippen LogP contribution in [0.3, 0.4) is 0 Å². The molecule has 0 aliphatic carbocycles. The average molecular weight is 389 g/mol. The summed E-state index contributed by atoms with van der Waals surface area (Å²) < 4.78 is 10.8. The van der Waals surface area contributed by atoms with Crippen molar-refractivity contribution in [2.75, 3.05) is 26.8 Å². The quantitative estimate of drug-likeness (QED) is 0.703. The fourth-order valence-electron chi connectivity index (χ4n) is 3.14. The molecule has 0 spiro atoms. The average Bonchev–Trinajstić information content (AvgIpc) is 2.69. The largest absolute Gasteiger partial charge is 0.497 e. The second-order valence-corrected chi connectivity index (χ2v) is 7.22.